The van der Waals surface area contributed by atoms with E-state index in [1.807, 2.05) is 29.2 Å². The van der Waals surface area contributed by atoms with Gasteiger partial charge in [-0.2, -0.15) is 5.10 Å². The van der Waals surface area contributed by atoms with Crippen molar-refractivity contribution in [3.05, 3.63) is 66.6 Å². The van der Waals surface area contributed by atoms with Crippen molar-refractivity contribution < 1.29 is 5.11 Å². The summed E-state index contributed by atoms with van der Waals surface area (Å²) in [5.74, 6) is 0.965. The number of anilines is 2. The van der Waals surface area contributed by atoms with Crippen LogP contribution in [0.25, 0.3) is 5.69 Å². The molecule has 0 atom stereocenters. The Morgan fingerprint density at radius 1 is 1.04 bits per heavy atom. The molecule has 0 spiro atoms. The lowest BCUT2D eigenvalue weighted by molar-refractivity contribution is 0.145. The highest BCUT2D eigenvalue weighted by Gasteiger charge is 2.20. The van der Waals surface area contributed by atoms with Gasteiger partial charge in [-0.1, -0.05) is 12.1 Å². The van der Waals surface area contributed by atoms with Gasteiger partial charge in [-0.3, -0.25) is 0 Å². The molecule has 0 amide bonds. The average Bonchev–Trinajstić information content (AvgIpc) is 3.23. The third-order valence-corrected chi connectivity index (χ3v) is 4.74. The fraction of sp³-hybridized carbons (Fsp3) is 0.300. The molecular weight excluding hydrogens is 326 g/mol. The van der Waals surface area contributed by atoms with Crippen LogP contribution in [0.4, 0.5) is 11.5 Å². The number of aliphatic hydroxyl groups is 1. The number of nitrogens with one attached hydrogen (secondary N) is 1. The number of rotatable bonds is 5. The second-order valence-corrected chi connectivity index (χ2v) is 6.56. The van der Waals surface area contributed by atoms with E-state index in [2.05, 4.69) is 50.6 Å². The van der Waals surface area contributed by atoms with E-state index < -0.39 is 0 Å². The van der Waals surface area contributed by atoms with E-state index in [1.165, 1.54) is 5.56 Å². The number of pyridine rings is 1. The molecule has 3 aromatic rings. The molecule has 0 aliphatic carbocycles. The highest BCUT2D eigenvalue weighted by molar-refractivity contribution is 5.65. The van der Waals surface area contributed by atoms with Crippen molar-refractivity contribution in [1.82, 2.24) is 14.8 Å². The van der Waals surface area contributed by atoms with Crippen LogP contribution in [0.5, 0.6) is 0 Å². The summed E-state index contributed by atoms with van der Waals surface area (Å²) in [5.41, 5.74) is 3.28. The maximum absolute atomic E-state index is 9.72. The van der Waals surface area contributed by atoms with E-state index >= 15 is 0 Å². The molecule has 134 valence electrons. The predicted molar refractivity (Wildman–Crippen MR) is 103 cm³/mol. The van der Waals surface area contributed by atoms with Gasteiger partial charge < -0.3 is 15.3 Å². The fourth-order valence-corrected chi connectivity index (χ4v) is 3.25. The summed E-state index contributed by atoms with van der Waals surface area (Å²) < 4.78 is 1.85. The van der Waals surface area contributed by atoms with Gasteiger partial charge in [0.05, 0.1) is 17.5 Å². The number of benzene rings is 1. The van der Waals surface area contributed by atoms with Gasteiger partial charge in [0.25, 0.3) is 0 Å². The van der Waals surface area contributed by atoms with Crippen LogP contribution < -0.4 is 10.2 Å². The Morgan fingerprint density at radius 2 is 1.85 bits per heavy atom. The number of piperidine rings is 1. The van der Waals surface area contributed by atoms with E-state index in [4.69, 9.17) is 0 Å². The topological polar surface area (TPSA) is 66.2 Å². The zero-order valence-electron chi connectivity index (χ0n) is 14.6. The molecule has 1 aliphatic rings. The number of hydrogen-bond donors (Lipinski definition) is 2. The van der Waals surface area contributed by atoms with Crippen molar-refractivity contribution in [3.63, 3.8) is 0 Å². The van der Waals surface area contributed by atoms with Gasteiger partial charge in [-0.25, -0.2) is 9.67 Å². The third kappa shape index (κ3) is 3.70. The van der Waals surface area contributed by atoms with Gasteiger partial charge in [0, 0.05) is 38.2 Å². The van der Waals surface area contributed by atoms with Gasteiger partial charge in [-0.15, -0.1) is 0 Å². The van der Waals surface area contributed by atoms with Gasteiger partial charge >= 0.3 is 0 Å². The lowest BCUT2D eigenvalue weighted by Crippen LogP contribution is -2.36. The predicted octanol–water partition coefficient (Wildman–Crippen LogP) is 2.84. The summed E-state index contributed by atoms with van der Waals surface area (Å²) >= 11 is 0. The van der Waals surface area contributed by atoms with Crippen molar-refractivity contribution in [2.24, 2.45) is 0 Å². The van der Waals surface area contributed by atoms with Gasteiger partial charge in [-0.05, 0) is 48.7 Å². The van der Waals surface area contributed by atoms with Crippen LogP contribution in [0, 0.1) is 0 Å². The molecule has 1 saturated heterocycles. The Balaban J connectivity index is 1.43. The molecule has 6 heteroatoms. The minimum absolute atomic E-state index is 0.181. The van der Waals surface area contributed by atoms with Crippen molar-refractivity contribution >= 4 is 11.5 Å². The first-order chi connectivity index (χ1) is 12.8. The molecule has 2 aromatic heterocycles. The van der Waals surface area contributed by atoms with E-state index in [0.29, 0.717) is 0 Å². The van der Waals surface area contributed by atoms with Crippen LogP contribution in [0.2, 0.25) is 0 Å². The molecule has 1 fully saturated rings. The maximum Gasteiger partial charge on any atom is 0.151 e. The molecule has 1 aromatic carbocycles. The number of aromatic nitrogens is 3. The molecule has 26 heavy (non-hydrogen) atoms. The van der Waals surface area contributed by atoms with Gasteiger partial charge in [0.1, 0.15) is 0 Å². The molecule has 2 N–H and O–H groups in total. The highest BCUT2D eigenvalue weighted by atomic mass is 16.3. The van der Waals surface area contributed by atoms with Crippen LogP contribution >= 0.6 is 0 Å². The third-order valence-electron chi connectivity index (χ3n) is 4.74. The van der Waals surface area contributed by atoms with Gasteiger partial charge in [0.2, 0.25) is 0 Å². The lowest BCUT2D eigenvalue weighted by atomic mass is 10.1. The molecule has 0 bridgehead atoms. The average molecular weight is 349 g/mol. The maximum atomic E-state index is 9.72. The standard InChI is InChI=1S/C20H23N5O/c26-18-8-13-24(14-9-18)20-19(3-1-10-21-20)22-15-16-4-6-17(7-5-16)25-12-2-11-23-25/h1-7,10-12,18,22,26H,8-9,13-15H2. The summed E-state index contributed by atoms with van der Waals surface area (Å²) in [5, 5.41) is 17.5. The quantitative estimate of drug-likeness (QED) is 0.741. The van der Waals surface area contributed by atoms with Crippen LogP contribution in [-0.4, -0.2) is 39.1 Å². The zero-order valence-corrected chi connectivity index (χ0v) is 14.6. The number of aliphatic hydroxyl groups excluding tert-OH is 1. The van der Waals surface area contributed by atoms with E-state index in [9.17, 15) is 5.11 Å². The molecule has 1 aliphatic heterocycles. The lowest BCUT2D eigenvalue weighted by Gasteiger charge is -2.31. The van der Waals surface area contributed by atoms with Crippen molar-refractivity contribution in [3.8, 4) is 5.69 Å². The second kappa shape index (κ2) is 7.58. The first kappa shape index (κ1) is 16.6. The normalized spacial score (nSPS) is 15.2. The minimum Gasteiger partial charge on any atom is -0.393 e. The Bertz CT molecular complexity index is 824. The van der Waals surface area contributed by atoms with Crippen molar-refractivity contribution in [2.45, 2.75) is 25.5 Å². The van der Waals surface area contributed by atoms with Crippen molar-refractivity contribution in [1.29, 1.82) is 0 Å². The van der Waals surface area contributed by atoms with E-state index in [0.717, 1.165) is 49.7 Å². The van der Waals surface area contributed by atoms with Crippen molar-refractivity contribution in [2.75, 3.05) is 23.3 Å². The molecule has 3 heterocycles. The molecule has 0 unspecified atom stereocenters. The number of nitrogens with zero attached hydrogens (tertiary/aromatic N) is 4. The Hall–Kier alpha value is -2.86. The molecule has 4 rings (SSSR count). The first-order valence-corrected chi connectivity index (χ1v) is 9.00. The summed E-state index contributed by atoms with van der Waals surface area (Å²) in [4.78, 5) is 6.80. The first-order valence-electron chi connectivity index (χ1n) is 9.00. The van der Waals surface area contributed by atoms with Crippen LogP contribution in [0.15, 0.2) is 61.1 Å². The Labute approximate surface area is 153 Å². The summed E-state index contributed by atoms with van der Waals surface area (Å²) in [6.07, 6.45) is 6.95. The smallest absolute Gasteiger partial charge is 0.151 e. The second-order valence-electron chi connectivity index (χ2n) is 6.56. The van der Waals surface area contributed by atoms with E-state index in [-0.39, 0.29) is 6.10 Å². The van der Waals surface area contributed by atoms with E-state index in [1.54, 1.807) is 6.20 Å². The molecule has 0 radical (unpaired) electrons. The van der Waals surface area contributed by atoms with Crippen LogP contribution in [0.3, 0.4) is 0 Å². The van der Waals surface area contributed by atoms with Gasteiger partial charge in [0.15, 0.2) is 5.82 Å². The molecule has 6 nitrogen and oxygen atoms in total. The monoisotopic (exact) mass is 349 g/mol. The number of hydrogen-bond acceptors (Lipinski definition) is 5. The highest BCUT2D eigenvalue weighted by Crippen LogP contribution is 2.26. The molecule has 0 saturated carbocycles. The molecular formula is C20H23N5O. The SMILES string of the molecule is OC1CCN(c2ncccc2NCc2ccc(-n3cccn3)cc2)CC1. The van der Waals surface area contributed by atoms with Crippen LogP contribution in [-0.2, 0) is 6.54 Å². The summed E-state index contributed by atoms with van der Waals surface area (Å²) in [6.45, 7) is 2.41. The largest absolute Gasteiger partial charge is 0.393 e. The Kier molecular flexibility index (Phi) is 4.84. The Morgan fingerprint density at radius 3 is 2.58 bits per heavy atom. The summed E-state index contributed by atoms with van der Waals surface area (Å²) in [6, 6.07) is 14.3. The summed E-state index contributed by atoms with van der Waals surface area (Å²) in [7, 11) is 0. The fourth-order valence-electron chi connectivity index (χ4n) is 3.25. The zero-order chi connectivity index (χ0) is 17.8. The minimum atomic E-state index is -0.181. The van der Waals surface area contributed by atoms with Crippen LogP contribution in [0.1, 0.15) is 18.4 Å².